The molecule has 1 atom stereocenters. The molecule has 0 aromatic rings. The number of esters is 1. The van der Waals surface area contributed by atoms with Gasteiger partial charge in [0.25, 0.3) is 0 Å². The summed E-state index contributed by atoms with van der Waals surface area (Å²) in [6, 6.07) is 0. The molecule has 0 saturated carbocycles. The summed E-state index contributed by atoms with van der Waals surface area (Å²) in [6.07, 6.45) is -5.33. The van der Waals surface area contributed by atoms with Crippen LogP contribution in [0.1, 0.15) is 13.3 Å². The average molecular weight is 229 g/mol. The van der Waals surface area contributed by atoms with E-state index in [1.165, 1.54) is 6.92 Å². The van der Waals surface area contributed by atoms with E-state index in [0.717, 1.165) is 7.11 Å². The number of hydrogen-bond acceptors (Lipinski definition) is 4. The lowest BCUT2D eigenvalue weighted by Crippen LogP contribution is -2.49. The number of carbonyl (C=O) groups is 1. The second kappa shape index (κ2) is 5.32. The highest BCUT2D eigenvalue weighted by Crippen LogP contribution is 2.19. The summed E-state index contributed by atoms with van der Waals surface area (Å²) in [5.74, 6) is -0.727. The maximum absolute atomic E-state index is 11.7. The first-order valence-electron chi connectivity index (χ1n) is 4.21. The summed E-state index contributed by atoms with van der Waals surface area (Å²) in [4.78, 5) is 11.0. The van der Waals surface area contributed by atoms with Gasteiger partial charge >= 0.3 is 12.1 Å². The summed E-state index contributed by atoms with van der Waals surface area (Å²) >= 11 is 0. The second-order valence-electron chi connectivity index (χ2n) is 3.33. The minimum absolute atomic E-state index is 0.310. The standard InChI is InChI=1S/C8H14F3NO3/c1-7(12,6(13)14-2)5-15-4-3-8(9,10)11/h3-5,12H2,1-2H3. The van der Waals surface area contributed by atoms with Crippen LogP contribution in [0.2, 0.25) is 0 Å². The molecule has 2 N–H and O–H groups in total. The van der Waals surface area contributed by atoms with Crippen molar-refractivity contribution in [2.75, 3.05) is 20.3 Å². The molecule has 0 rings (SSSR count). The predicted molar refractivity (Wildman–Crippen MR) is 46.1 cm³/mol. The first kappa shape index (κ1) is 14.2. The average Bonchev–Trinajstić information content (AvgIpc) is 2.09. The third-order valence-electron chi connectivity index (χ3n) is 1.58. The molecule has 0 radical (unpaired) electrons. The minimum atomic E-state index is -4.27. The van der Waals surface area contributed by atoms with E-state index >= 15 is 0 Å². The molecule has 0 aliphatic rings. The Kier molecular flexibility index (Phi) is 5.02. The first-order chi connectivity index (χ1) is 6.69. The summed E-state index contributed by atoms with van der Waals surface area (Å²) in [5.41, 5.74) is 4.02. The fourth-order valence-corrected chi connectivity index (χ4v) is 0.764. The number of methoxy groups -OCH3 is 1. The van der Waals surface area contributed by atoms with Crippen LogP contribution >= 0.6 is 0 Å². The molecule has 0 aliphatic heterocycles. The van der Waals surface area contributed by atoms with Gasteiger partial charge in [-0.2, -0.15) is 13.2 Å². The van der Waals surface area contributed by atoms with Crippen LogP contribution in [-0.4, -0.2) is 38.0 Å². The summed E-state index contributed by atoms with van der Waals surface area (Å²) in [7, 11) is 1.14. The number of hydrogen-bond donors (Lipinski definition) is 1. The van der Waals surface area contributed by atoms with Crippen molar-refractivity contribution >= 4 is 5.97 Å². The van der Waals surface area contributed by atoms with E-state index in [1.54, 1.807) is 0 Å². The van der Waals surface area contributed by atoms with E-state index in [4.69, 9.17) is 5.73 Å². The fraction of sp³-hybridized carbons (Fsp3) is 0.875. The van der Waals surface area contributed by atoms with Crippen molar-refractivity contribution in [3.8, 4) is 0 Å². The molecular formula is C8H14F3NO3. The van der Waals surface area contributed by atoms with E-state index in [-0.39, 0.29) is 6.61 Å². The molecular weight excluding hydrogens is 215 g/mol. The monoisotopic (exact) mass is 229 g/mol. The third kappa shape index (κ3) is 6.29. The zero-order valence-electron chi connectivity index (χ0n) is 8.56. The quantitative estimate of drug-likeness (QED) is 0.560. The van der Waals surface area contributed by atoms with Crippen molar-refractivity contribution in [1.82, 2.24) is 0 Å². The van der Waals surface area contributed by atoms with Crippen LogP contribution in [0.25, 0.3) is 0 Å². The molecule has 1 unspecified atom stereocenters. The van der Waals surface area contributed by atoms with Gasteiger partial charge in [0.15, 0.2) is 0 Å². The van der Waals surface area contributed by atoms with Crippen molar-refractivity contribution < 1.29 is 27.4 Å². The van der Waals surface area contributed by atoms with Crippen molar-refractivity contribution in [3.63, 3.8) is 0 Å². The van der Waals surface area contributed by atoms with Gasteiger partial charge in [-0.1, -0.05) is 0 Å². The maximum Gasteiger partial charge on any atom is 0.391 e. The Morgan fingerprint density at radius 2 is 1.93 bits per heavy atom. The molecule has 15 heavy (non-hydrogen) atoms. The van der Waals surface area contributed by atoms with Crippen molar-refractivity contribution in [2.24, 2.45) is 5.73 Å². The van der Waals surface area contributed by atoms with Crippen LogP contribution in [0.5, 0.6) is 0 Å². The lowest BCUT2D eigenvalue weighted by atomic mass is 10.1. The number of rotatable bonds is 5. The Morgan fingerprint density at radius 1 is 1.40 bits per heavy atom. The molecule has 4 nitrogen and oxygen atoms in total. The molecule has 0 heterocycles. The Hall–Kier alpha value is -0.820. The van der Waals surface area contributed by atoms with Crippen LogP contribution in [-0.2, 0) is 14.3 Å². The van der Waals surface area contributed by atoms with E-state index in [1.807, 2.05) is 0 Å². The largest absolute Gasteiger partial charge is 0.468 e. The van der Waals surface area contributed by atoms with Gasteiger partial charge in [0.1, 0.15) is 5.54 Å². The molecule has 0 aromatic heterocycles. The predicted octanol–water partition coefficient (Wildman–Crippen LogP) is 0.846. The zero-order valence-corrected chi connectivity index (χ0v) is 8.56. The Bertz CT molecular complexity index is 216. The molecule has 0 bridgehead atoms. The Balaban J connectivity index is 3.81. The highest BCUT2D eigenvalue weighted by atomic mass is 19.4. The van der Waals surface area contributed by atoms with Gasteiger partial charge in [0.2, 0.25) is 0 Å². The summed E-state index contributed by atoms with van der Waals surface area (Å²) < 4.78 is 44.1. The highest BCUT2D eigenvalue weighted by Gasteiger charge is 2.31. The van der Waals surface area contributed by atoms with Gasteiger partial charge in [0, 0.05) is 0 Å². The number of nitrogens with two attached hydrogens (primary N) is 1. The van der Waals surface area contributed by atoms with Gasteiger partial charge in [-0.3, -0.25) is 0 Å². The van der Waals surface area contributed by atoms with Crippen LogP contribution in [0.4, 0.5) is 13.2 Å². The van der Waals surface area contributed by atoms with Gasteiger partial charge < -0.3 is 15.2 Å². The molecule has 0 saturated heterocycles. The van der Waals surface area contributed by atoms with Crippen molar-refractivity contribution in [3.05, 3.63) is 0 Å². The van der Waals surface area contributed by atoms with Gasteiger partial charge in [0.05, 0.1) is 26.7 Å². The van der Waals surface area contributed by atoms with Gasteiger partial charge in [-0.15, -0.1) is 0 Å². The highest BCUT2D eigenvalue weighted by molar-refractivity contribution is 5.80. The van der Waals surface area contributed by atoms with Crippen LogP contribution < -0.4 is 5.73 Å². The lowest BCUT2D eigenvalue weighted by Gasteiger charge is -2.21. The first-order valence-corrected chi connectivity index (χ1v) is 4.21. The molecule has 7 heteroatoms. The lowest BCUT2D eigenvalue weighted by molar-refractivity contribution is -0.153. The smallest absolute Gasteiger partial charge is 0.391 e. The molecule has 0 fully saturated rings. The Morgan fingerprint density at radius 3 is 2.33 bits per heavy atom. The van der Waals surface area contributed by atoms with E-state index in [9.17, 15) is 18.0 Å². The number of ether oxygens (including phenoxy) is 2. The van der Waals surface area contributed by atoms with Gasteiger partial charge in [-0.05, 0) is 6.92 Å². The SMILES string of the molecule is COC(=O)C(C)(N)COCCC(F)(F)F. The van der Waals surface area contributed by atoms with Crippen molar-refractivity contribution in [1.29, 1.82) is 0 Å². The fourth-order valence-electron chi connectivity index (χ4n) is 0.764. The van der Waals surface area contributed by atoms with Crippen LogP contribution in [0, 0.1) is 0 Å². The van der Waals surface area contributed by atoms with Crippen LogP contribution in [0.3, 0.4) is 0 Å². The topological polar surface area (TPSA) is 61.5 Å². The summed E-state index contributed by atoms with van der Waals surface area (Å²) in [6.45, 7) is 0.495. The van der Waals surface area contributed by atoms with Gasteiger partial charge in [-0.25, -0.2) is 4.79 Å². The van der Waals surface area contributed by atoms with Crippen molar-refractivity contribution in [2.45, 2.75) is 25.1 Å². The van der Waals surface area contributed by atoms with Crippen LogP contribution in [0.15, 0.2) is 0 Å². The molecule has 0 spiro atoms. The van der Waals surface area contributed by atoms with E-state index in [2.05, 4.69) is 9.47 Å². The molecule has 0 amide bonds. The zero-order chi connectivity index (χ0) is 12.1. The molecule has 0 aliphatic carbocycles. The van der Waals surface area contributed by atoms with E-state index in [0.29, 0.717) is 0 Å². The number of alkyl halides is 3. The normalized spacial score (nSPS) is 15.9. The van der Waals surface area contributed by atoms with E-state index < -0.39 is 30.7 Å². The third-order valence-corrected chi connectivity index (χ3v) is 1.58. The number of carbonyl (C=O) groups excluding carboxylic acids is 1. The Labute approximate surface area is 85.5 Å². The molecule has 0 aromatic carbocycles. The minimum Gasteiger partial charge on any atom is -0.468 e. The summed E-state index contributed by atoms with van der Waals surface area (Å²) in [5, 5.41) is 0. The second-order valence-corrected chi connectivity index (χ2v) is 3.33. The molecule has 90 valence electrons. The number of halogens is 3. The maximum atomic E-state index is 11.7.